The van der Waals surface area contributed by atoms with Crippen LogP contribution in [0.5, 0.6) is 0 Å². The zero-order valence-corrected chi connectivity index (χ0v) is 9.07. The molecule has 1 aromatic carbocycles. The number of ketones is 1. The summed E-state index contributed by atoms with van der Waals surface area (Å²) in [6.45, 7) is 1.49. The standard InChI is InChI=1S/C12H14N2O2/c1-8(13)11(12(14)16)10(15)7-9-5-3-2-4-6-9/h2-6H,7,13H2,1H3,(H2,14,16)/b11-8-. The lowest BCUT2D eigenvalue weighted by atomic mass is 10.0. The van der Waals surface area contributed by atoms with Crippen molar-refractivity contribution in [2.45, 2.75) is 13.3 Å². The number of hydrogen-bond donors (Lipinski definition) is 2. The summed E-state index contributed by atoms with van der Waals surface area (Å²) < 4.78 is 0. The van der Waals surface area contributed by atoms with Crippen LogP contribution in [0.1, 0.15) is 12.5 Å². The van der Waals surface area contributed by atoms with Gasteiger partial charge in [-0.05, 0) is 12.5 Å². The number of Topliss-reactive ketones (excluding diaryl/α,β-unsaturated/α-hetero) is 1. The number of rotatable bonds is 4. The molecule has 0 heterocycles. The van der Waals surface area contributed by atoms with Crippen molar-refractivity contribution in [3.8, 4) is 0 Å². The highest BCUT2D eigenvalue weighted by molar-refractivity contribution is 6.19. The van der Waals surface area contributed by atoms with E-state index in [1.165, 1.54) is 6.92 Å². The Kier molecular flexibility index (Phi) is 3.83. The highest BCUT2D eigenvalue weighted by Crippen LogP contribution is 2.07. The van der Waals surface area contributed by atoms with Crippen molar-refractivity contribution >= 4 is 11.7 Å². The average molecular weight is 218 g/mol. The van der Waals surface area contributed by atoms with E-state index in [1.807, 2.05) is 30.3 Å². The summed E-state index contributed by atoms with van der Waals surface area (Å²) in [6.07, 6.45) is 0.133. The van der Waals surface area contributed by atoms with Gasteiger partial charge in [0.05, 0.1) is 0 Å². The van der Waals surface area contributed by atoms with Gasteiger partial charge in [-0.25, -0.2) is 0 Å². The minimum atomic E-state index is -0.777. The number of amides is 1. The lowest BCUT2D eigenvalue weighted by Crippen LogP contribution is -2.25. The van der Waals surface area contributed by atoms with E-state index >= 15 is 0 Å². The zero-order valence-electron chi connectivity index (χ0n) is 9.07. The lowest BCUT2D eigenvalue weighted by Gasteiger charge is -2.04. The maximum atomic E-state index is 11.8. The normalized spacial score (nSPS) is 11.8. The minimum Gasteiger partial charge on any atom is -0.402 e. The Balaban J connectivity index is 2.88. The number of carbonyl (C=O) groups is 2. The summed E-state index contributed by atoms with van der Waals surface area (Å²) in [5.74, 6) is -1.13. The van der Waals surface area contributed by atoms with Crippen LogP contribution in [-0.2, 0) is 16.0 Å². The fourth-order valence-corrected chi connectivity index (χ4v) is 1.42. The smallest absolute Gasteiger partial charge is 0.254 e. The van der Waals surface area contributed by atoms with Gasteiger partial charge in [0.15, 0.2) is 5.78 Å². The summed E-state index contributed by atoms with van der Waals surface area (Å²) in [5, 5.41) is 0. The van der Waals surface area contributed by atoms with Gasteiger partial charge in [-0.15, -0.1) is 0 Å². The SMILES string of the molecule is C/C(N)=C(/C(N)=O)C(=O)Cc1ccccc1. The van der Waals surface area contributed by atoms with Crippen LogP contribution in [0.4, 0.5) is 0 Å². The van der Waals surface area contributed by atoms with Crippen LogP contribution in [-0.4, -0.2) is 11.7 Å². The molecule has 0 bridgehead atoms. The molecule has 0 aliphatic carbocycles. The first-order valence-corrected chi connectivity index (χ1v) is 4.85. The molecule has 0 aliphatic rings. The Morgan fingerprint density at radius 2 is 1.69 bits per heavy atom. The Labute approximate surface area is 93.9 Å². The first kappa shape index (κ1) is 12.0. The number of primary amides is 1. The Hall–Kier alpha value is -2.10. The summed E-state index contributed by atoms with van der Waals surface area (Å²) in [6, 6.07) is 9.12. The van der Waals surface area contributed by atoms with Crippen molar-refractivity contribution in [2.75, 3.05) is 0 Å². The molecule has 0 saturated heterocycles. The van der Waals surface area contributed by atoms with Crippen LogP contribution in [0, 0.1) is 0 Å². The first-order chi connectivity index (χ1) is 7.52. The molecular formula is C12H14N2O2. The second-order valence-corrected chi connectivity index (χ2v) is 3.51. The zero-order chi connectivity index (χ0) is 12.1. The molecule has 1 rings (SSSR count). The number of carbonyl (C=O) groups excluding carboxylic acids is 2. The number of nitrogens with two attached hydrogens (primary N) is 2. The second-order valence-electron chi connectivity index (χ2n) is 3.51. The molecule has 0 atom stereocenters. The molecule has 0 radical (unpaired) electrons. The van der Waals surface area contributed by atoms with Gasteiger partial charge in [0.25, 0.3) is 5.91 Å². The molecule has 0 aromatic heterocycles. The molecule has 84 valence electrons. The van der Waals surface area contributed by atoms with Gasteiger partial charge in [-0.3, -0.25) is 9.59 Å². The van der Waals surface area contributed by atoms with E-state index in [-0.39, 0.29) is 23.5 Å². The molecule has 1 aromatic rings. The molecular weight excluding hydrogens is 204 g/mol. The van der Waals surface area contributed by atoms with Crippen molar-refractivity contribution in [3.05, 3.63) is 47.2 Å². The quantitative estimate of drug-likeness (QED) is 0.438. The molecule has 0 saturated carbocycles. The highest BCUT2D eigenvalue weighted by Gasteiger charge is 2.17. The highest BCUT2D eigenvalue weighted by atomic mass is 16.2. The van der Waals surface area contributed by atoms with Crippen molar-refractivity contribution in [1.29, 1.82) is 0 Å². The second kappa shape index (κ2) is 5.11. The Morgan fingerprint density at radius 1 is 1.12 bits per heavy atom. The molecule has 0 aliphatic heterocycles. The van der Waals surface area contributed by atoms with Gasteiger partial charge in [0.1, 0.15) is 5.57 Å². The molecule has 0 fully saturated rings. The van der Waals surface area contributed by atoms with Crippen LogP contribution in [0.2, 0.25) is 0 Å². The average Bonchev–Trinajstić information content (AvgIpc) is 2.17. The van der Waals surface area contributed by atoms with Crippen LogP contribution in [0.3, 0.4) is 0 Å². The fraction of sp³-hybridized carbons (Fsp3) is 0.167. The molecule has 16 heavy (non-hydrogen) atoms. The van der Waals surface area contributed by atoms with Gasteiger partial charge >= 0.3 is 0 Å². The summed E-state index contributed by atoms with van der Waals surface area (Å²) >= 11 is 0. The lowest BCUT2D eigenvalue weighted by molar-refractivity contribution is -0.120. The van der Waals surface area contributed by atoms with Crippen LogP contribution >= 0.6 is 0 Å². The molecule has 4 heteroatoms. The van der Waals surface area contributed by atoms with Crippen LogP contribution in [0.25, 0.3) is 0 Å². The van der Waals surface area contributed by atoms with Gasteiger partial charge in [-0.2, -0.15) is 0 Å². The predicted octanol–water partition coefficient (Wildman–Crippen LogP) is 0.516. The topological polar surface area (TPSA) is 86.2 Å². The van der Waals surface area contributed by atoms with E-state index in [9.17, 15) is 9.59 Å². The molecule has 4 N–H and O–H groups in total. The molecule has 0 spiro atoms. The third-order valence-electron chi connectivity index (χ3n) is 2.13. The predicted molar refractivity (Wildman–Crippen MR) is 61.2 cm³/mol. The summed E-state index contributed by atoms with van der Waals surface area (Å²) in [4.78, 5) is 22.8. The van der Waals surface area contributed by atoms with Crippen molar-refractivity contribution in [3.63, 3.8) is 0 Å². The van der Waals surface area contributed by atoms with E-state index in [1.54, 1.807) is 0 Å². The van der Waals surface area contributed by atoms with E-state index in [2.05, 4.69) is 0 Å². The molecule has 0 unspecified atom stereocenters. The first-order valence-electron chi connectivity index (χ1n) is 4.85. The number of benzene rings is 1. The molecule has 4 nitrogen and oxygen atoms in total. The van der Waals surface area contributed by atoms with Crippen LogP contribution < -0.4 is 11.5 Å². The largest absolute Gasteiger partial charge is 0.402 e. The van der Waals surface area contributed by atoms with Crippen molar-refractivity contribution in [1.82, 2.24) is 0 Å². The number of hydrogen-bond acceptors (Lipinski definition) is 3. The van der Waals surface area contributed by atoms with Gasteiger partial charge in [-0.1, -0.05) is 30.3 Å². The van der Waals surface area contributed by atoms with Gasteiger partial charge in [0, 0.05) is 12.1 Å². The Morgan fingerprint density at radius 3 is 2.12 bits per heavy atom. The minimum absolute atomic E-state index is 0.108. The van der Waals surface area contributed by atoms with Gasteiger partial charge < -0.3 is 11.5 Å². The van der Waals surface area contributed by atoms with E-state index in [0.717, 1.165) is 5.56 Å². The third-order valence-corrected chi connectivity index (χ3v) is 2.13. The number of allylic oxidation sites excluding steroid dienone is 1. The maximum absolute atomic E-state index is 11.8. The molecule has 1 amide bonds. The van der Waals surface area contributed by atoms with Crippen LogP contribution in [0.15, 0.2) is 41.6 Å². The van der Waals surface area contributed by atoms with E-state index in [4.69, 9.17) is 11.5 Å². The Bertz CT molecular complexity index is 432. The van der Waals surface area contributed by atoms with E-state index < -0.39 is 5.91 Å². The summed E-state index contributed by atoms with van der Waals surface area (Å²) in [5.41, 5.74) is 11.4. The van der Waals surface area contributed by atoms with Crippen molar-refractivity contribution in [2.24, 2.45) is 11.5 Å². The van der Waals surface area contributed by atoms with Crippen molar-refractivity contribution < 1.29 is 9.59 Å². The van der Waals surface area contributed by atoms with E-state index in [0.29, 0.717) is 0 Å². The summed E-state index contributed by atoms with van der Waals surface area (Å²) in [7, 11) is 0. The van der Waals surface area contributed by atoms with Gasteiger partial charge in [0.2, 0.25) is 0 Å². The fourth-order valence-electron chi connectivity index (χ4n) is 1.42. The monoisotopic (exact) mass is 218 g/mol. The third kappa shape index (κ3) is 2.95. The maximum Gasteiger partial charge on any atom is 0.254 e.